The lowest BCUT2D eigenvalue weighted by atomic mass is 9.78. The van der Waals surface area contributed by atoms with Crippen molar-refractivity contribution in [1.82, 2.24) is 4.90 Å². The van der Waals surface area contributed by atoms with Crippen molar-refractivity contribution in [2.45, 2.75) is 71.1 Å². The smallest absolute Gasteiger partial charge is 0.487 e. The number of hydrogen-bond acceptors (Lipinski definition) is 6. The summed E-state index contributed by atoms with van der Waals surface area (Å²) < 4.78 is 24.2. The summed E-state index contributed by atoms with van der Waals surface area (Å²) >= 11 is 0. The normalized spacial score (nSPS) is 24.3. The molecule has 0 aromatic heterocycles. The molecule has 2 saturated carbocycles. The van der Waals surface area contributed by atoms with Crippen molar-refractivity contribution < 1.29 is 28.4 Å². The molecule has 31 heavy (non-hydrogen) atoms. The van der Waals surface area contributed by atoms with E-state index in [1.165, 1.54) is 0 Å². The van der Waals surface area contributed by atoms with Crippen molar-refractivity contribution in [3.8, 4) is 11.5 Å². The lowest BCUT2D eigenvalue weighted by molar-refractivity contribution is -0.136. The maximum absolute atomic E-state index is 12.7. The van der Waals surface area contributed by atoms with E-state index in [1.807, 2.05) is 38.7 Å². The van der Waals surface area contributed by atoms with Crippen LogP contribution in [-0.4, -0.2) is 48.2 Å². The van der Waals surface area contributed by atoms with E-state index in [-0.39, 0.29) is 23.7 Å². The van der Waals surface area contributed by atoms with Gasteiger partial charge in [0.15, 0.2) is 11.5 Å². The molecule has 1 aromatic rings. The summed E-state index contributed by atoms with van der Waals surface area (Å²) in [6, 6.07) is 3.75. The maximum atomic E-state index is 12.7. The fraction of sp³-hybridized carbons (Fsp3) is 0.652. The van der Waals surface area contributed by atoms with Crippen LogP contribution in [0.3, 0.4) is 0 Å². The first-order valence-corrected chi connectivity index (χ1v) is 11.3. The molecule has 0 bridgehead atoms. The van der Waals surface area contributed by atoms with E-state index in [9.17, 15) is 9.59 Å². The van der Waals surface area contributed by atoms with Crippen LogP contribution in [0.15, 0.2) is 12.1 Å². The first-order chi connectivity index (χ1) is 14.6. The van der Waals surface area contributed by atoms with Crippen LogP contribution in [0.2, 0.25) is 0 Å². The average Bonchev–Trinajstić information content (AvgIpc) is 3.57. The van der Waals surface area contributed by atoms with Gasteiger partial charge in [-0.3, -0.25) is 9.59 Å². The summed E-state index contributed by atoms with van der Waals surface area (Å²) in [7, 11) is -0.593. The number of nitrogens with zero attached hydrogens (tertiary/aromatic N) is 1. The highest BCUT2D eigenvalue weighted by Gasteiger charge is 2.52. The molecule has 2 aliphatic heterocycles. The van der Waals surface area contributed by atoms with Gasteiger partial charge in [0.1, 0.15) is 6.61 Å². The average molecular weight is 427 g/mol. The minimum Gasteiger partial charge on any atom is -0.487 e. The Labute approximate surface area is 183 Å². The topological polar surface area (TPSA) is 74.3 Å². The molecule has 7 nitrogen and oxygen atoms in total. The molecule has 0 N–H and O–H groups in total. The molecule has 0 atom stereocenters. The van der Waals surface area contributed by atoms with Gasteiger partial charge in [0.2, 0.25) is 5.91 Å². The molecule has 1 amide bonds. The Morgan fingerprint density at radius 3 is 2.29 bits per heavy atom. The summed E-state index contributed by atoms with van der Waals surface area (Å²) in [4.78, 5) is 27.0. The van der Waals surface area contributed by atoms with E-state index in [1.54, 1.807) is 6.07 Å². The SMILES string of the molecule is CC1(C)OB(c2cc3c(c(OC(=O)C4CC4)c2)OCCN(C(=O)C2CC2)C3)OC1(C)C. The number of amides is 1. The Balaban J connectivity index is 1.50. The minimum atomic E-state index is -0.593. The predicted octanol–water partition coefficient (Wildman–Crippen LogP) is 2.43. The molecular weight excluding hydrogens is 397 g/mol. The van der Waals surface area contributed by atoms with Gasteiger partial charge in [-0.2, -0.15) is 0 Å². The quantitative estimate of drug-likeness (QED) is 0.418. The molecule has 0 spiro atoms. The highest BCUT2D eigenvalue weighted by Crippen LogP contribution is 2.40. The van der Waals surface area contributed by atoms with Crippen LogP contribution in [0.1, 0.15) is 58.9 Å². The van der Waals surface area contributed by atoms with Crippen LogP contribution >= 0.6 is 0 Å². The zero-order valence-corrected chi connectivity index (χ0v) is 18.7. The maximum Gasteiger partial charge on any atom is 0.494 e. The third-order valence-electron chi connectivity index (χ3n) is 7.01. The van der Waals surface area contributed by atoms with Gasteiger partial charge in [0.05, 0.1) is 23.7 Å². The summed E-state index contributed by atoms with van der Waals surface area (Å²) in [6.07, 6.45) is 3.65. The van der Waals surface area contributed by atoms with Gasteiger partial charge >= 0.3 is 13.1 Å². The molecule has 1 saturated heterocycles. The zero-order valence-electron chi connectivity index (χ0n) is 18.7. The third-order valence-corrected chi connectivity index (χ3v) is 7.01. The molecule has 166 valence electrons. The van der Waals surface area contributed by atoms with E-state index in [0.29, 0.717) is 31.2 Å². The fourth-order valence-electron chi connectivity index (χ4n) is 3.99. The van der Waals surface area contributed by atoms with Gasteiger partial charge < -0.3 is 23.7 Å². The highest BCUT2D eigenvalue weighted by atomic mass is 16.7. The number of esters is 1. The Hall–Kier alpha value is -2.06. The largest absolute Gasteiger partial charge is 0.494 e. The van der Waals surface area contributed by atoms with Crippen molar-refractivity contribution in [3.05, 3.63) is 17.7 Å². The predicted molar refractivity (Wildman–Crippen MR) is 114 cm³/mol. The Morgan fingerprint density at radius 1 is 1.03 bits per heavy atom. The van der Waals surface area contributed by atoms with E-state index in [2.05, 4.69) is 0 Å². The second-order valence-electron chi connectivity index (χ2n) is 10.2. The number of fused-ring (bicyclic) bond motifs is 1. The Morgan fingerprint density at radius 2 is 1.68 bits per heavy atom. The Kier molecular flexibility index (Phi) is 4.86. The molecule has 4 aliphatic rings. The van der Waals surface area contributed by atoms with Crippen LogP contribution in [0.25, 0.3) is 0 Å². The lowest BCUT2D eigenvalue weighted by Gasteiger charge is -2.32. The van der Waals surface area contributed by atoms with Crippen LogP contribution in [0, 0.1) is 11.8 Å². The summed E-state index contributed by atoms with van der Waals surface area (Å²) in [5.41, 5.74) is 0.608. The van der Waals surface area contributed by atoms with Crippen LogP contribution in [-0.2, 0) is 25.4 Å². The monoisotopic (exact) mass is 427 g/mol. The molecule has 0 radical (unpaired) electrons. The van der Waals surface area contributed by atoms with Crippen molar-refractivity contribution in [3.63, 3.8) is 0 Å². The number of ether oxygens (including phenoxy) is 2. The van der Waals surface area contributed by atoms with E-state index in [0.717, 1.165) is 36.7 Å². The summed E-state index contributed by atoms with van der Waals surface area (Å²) in [6.45, 7) is 9.33. The molecule has 3 fully saturated rings. The van der Waals surface area contributed by atoms with Gasteiger partial charge in [-0.05, 0) is 64.9 Å². The fourth-order valence-corrected chi connectivity index (χ4v) is 3.99. The highest BCUT2D eigenvalue weighted by molar-refractivity contribution is 6.62. The molecule has 8 heteroatoms. The lowest BCUT2D eigenvalue weighted by Crippen LogP contribution is -2.41. The van der Waals surface area contributed by atoms with Crippen molar-refractivity contribution in [1.29, 1.82) is 0 Å². The van der Waals surface area contributed by atoms with Gasteiger partial charge in [-0.25, -0.2) is 0 Å². The molecule has 2 heterocycles. The standard InChI is InChI=1S/C23H30BNO6/c1-22(2)23(3,4)31-24(30-22)17-11-16-13-25(20(26)14-5-6-14)9-10-28-19(16)18(12-17)29-21(27)15-7-8-15/h11-12,14-15H,5-10,13H2,1-4H3. The van der Waals surface area contributed by atoms with Gasteiger partial charge in [0, 0.05) is 18.0 Å². The van der Waals surface area contributed by atoms with E-state index < -0.39 is 18.3 Å². The second-order valence-corrected chi connectivity index (χ2v) is 10.2. The van der Waals surface area contributed by atoms with Gasteiger partial charge in [-0.15, -0.1) is 0 Å². The first kappa shape index (κ1) is 20.8. The summed E-state index contributed by atoms with van der Waals surface area (Å²) in [5, 5.41) is 0. The first-order valence-electron chi connectivity index (χ1n) is 11.3. The van der Waals surface area contributed by atoms with Crippen LogP contribution in [0.5, 0.6) is 11.5 Å². The zero-order chi connectivity index (χ0) is 22.0. The van der Waals surface area contributed by atoms with Crippen molar-refractivity contribution in [2.75, 3.05) is 13.2 Å². The second kappa shape index (κ2) is 7.24. The Bertz CT molecular complexity index is 905. The minimum absolute atomic E-state index is 0.0325. The van der Waals surface area contributed by atoms with Gasteiger partial charge in [0.25, 0.3) is 0 Å². The van der Waals surface area contributed by atoms with Crippen LogP contribution < -0.4 is 14.9 Å². The van der Waals surface area contributed by atoms with Gasteiger partial charge in [-0.1, -0.05) is 6.07 Å². The van der Waals surface area contributed by atoms with E-state index in [4.69, 9.17) is 18.8 Å². The van der Waals surface area contributed by atoms with Crippen molar-refractivity contribution in [2.24, 2.45) is 11.8 Å². The number of rotatable bonds is 4. The number of hydrogen-bond donors (Lipinski definition) is 0. The molecule has 1 aromatic carbocycles. The third kappa shape index (κ3) is 3.96. The number of carbonyl (C=O) groups excluding carboxylic acids is 2. The number of benzene rings is 1. The summed E-state index contributed by atoms with van der Waals surface area (Å²) in [5.74, 6) is 0.983. The molecule has 0 unspecified atom stereocenters. The van der Waals surface area contributed by atoms with Crippen molar-refractivity contribution >= 4 is 24.5 Å². The van der Waals surface area contributed by atoms with Crippen LogP contribution in [0.4, 0.5) is 0 Å². The van der Waals surface area contributed by atoms with E-state index >= 15 is 0 Å². The molecule has 2 aliphatic carbocycles. The number of carbonyl (C=O) groups is 2. The molecular formula is C23H30BNO6. The molecule has 5 rings (SSSR count).